The van der Waals surface area contributed by atoms with Crippen molar-refractivity contribution in [1.82, 2.24) is 4.98 Å². The first kappa shape index (κ1) is 20.5. The van der Waals surface area contributed by atoms with E-state index in [0.717, 1.165) is 16.2 Å². The number of halogens is 4. The second kappa shape index (κ2) is 7.67. The van der Waals surface area contributed by atoms with Gasteiger partial charge in [0.25, 0.3) is 0 Å². The molecule has 2 aromatic heterocycles. The highest BCUT2D eigenvalue weighted by atomic mass is 32.1. The van der Waals surface area contributed by atoms with Gasteiger partial charge in [-0.05, 0) is 53.6 Å². The summed E-state index contributed by atoms with van der Waals surface area (Å²) in [4.78, 5) is 4.37. The molecule has 3 aromatic rings. The lowest BCUT2D eigenvalue weighted by Gasteiger charge is -2.33. The molecule has 3 nitrogen and oxygen atoms in total. The highest BCUT2D eigenvalue weighted by Gasteiger charge is 2.54. The van der Waals surface area contributed by atoms with Crippen molar-refractivity contribution in [3.05, 3.63) is 59.0 Å². The smallest absolute Gasteiger partial charge is 0.417 e. The van der Waals surface area contributed by atoms with Gasteiger partial charge in [-0.25, -0.2) is 4.39 Å². The summed E-state index contributed by atoms with van der Waals surface area (Å²) in [7, 11) is 1.37. The van der Waals surface area contributed by atoms with Crippen LogP contribution in [0.15, 0.2) is 42.7 Å². The fraction of sp³-hybridized carbons (Fsp3) is 0.350. The van der Waals surface area contributed by atoms with Gasteiger partial charge >= 0.3 is 6.18 Å². The molecular weight excluding hydrogens is 394 g/mol. The van der Waals surface area contributed by atoms with Crippen LogP contribution in [-0.2, 0) is 6.42 Å². The molecule has 28 heavy (non-hydrogen) atoms. The number of nitrogens with zero attached hydrogens (tertiary/aromatic N) is 1. The largest absolute Gasteiger partial charge is 0.496 e. The number of aliphatic hydroxyl groups is 1. The van der Waals surface area contributed by atoms with Gasteiger partial charge in [-0.1, -0.05) is 6.92 Å². The predicted molar refractivity (Wildman–Crippen MR) is 100 cm³/mol. The van der Waals surface area contributed by atoms with Gasteiger partial charge in [-0.15, -0.1) is 11.3 Å². The molecule has 0 amide bonds. The third kappa shape index (κ3) is 4.12. The zero-order valence-electron chi connectivity index (χ0n) is 15.3. The number of rotatable bonds is 6. The lowest BCUT2D eigenvalue weighted by molar-refractivity contribution is -0.263. The Morgan fingerprint density at radius 2 is 1.96 bits per heavy atom. The van der Waals surface area contributed by atoms with E-state index in [4.69, 9.17) is 4.74 Å². The number of benzene rings is 1. The van der Waals surface area contributed by atoms with Crippen molar-refractivity contribution < 1.29 is 27.4 Å². The molecule has 0 spiro atoms. The molecule has 1 N–H and O–H groups in total. The summed E-state index contributed by atoms with van der Waals surface area (Å²) in [5, 5.41) is 11.4. The van der Waals surface area contributed by atoms with E-state index in [1.165, 1.54) is 37.5 Å². The van der Waals surface area contributed by atoms with Gasteiger partial charge < -0.3 is 9.84 Å². The van der Waals surface area contributed by atoms with E-state index >= 15 is 0 Å². The van der Waals surface area contributed by atoms with Crippen LogP contribution in [0.3, 0.4) is 0 Å². The zero-order valence-corrected chi connectivity index (χ0v) is 16.1. The van der Waals surface area contributed by atoms with Crippen LogP contribution in [0.1, 0.15) is 29.7 Å². The van der Waals surface area contributed by atoms with E-state index in [-0.39, 0.29) is 11.3 Å². The maximum atomic E-state index is 13.8. The van der Waals surface area contributed by atoms with Crippen molar-refractivity contribution in [3.8, 4) is 5.75 Å². The molecular formula is C20H19F4NO2S. The summed E-state index contributed by atoms with van der Waals surface area (Å²) in [6.07, 6.45) is -2.92. The third-order valence-electron chi connectivity index (χ3n) is 4.73. The molecule has 2 unspecified atom stereocenters. The second-order valence-electron chi connectivity index (χ2n) is 6.82. The minimum atomic E-state index is -4.85. The summed E-state index contributed by atoms with van der Waals surface area (Å²) in [6.45, 7) is 1.52. The Morgan fingerprint density at radius 1 is 1.21 bits per heavy atom. The van der Waals surface area contributed by atoms with Gasteiger partial charge in [0, 0.05) is 23.7 Å². The van der Waals surface area contributed by atoms with Crippen LogP contribution in [-0.4, -0.2) is 29.0 Å². The standard InChI is InChI=1S/C20H19F4NO2S/c1-12(16-8-14(21)3-4-17(16)27-2)9-19(26,20(22,23)24)10-15-7-13-5-6-25-11-18(13)28-15/h3-8,11-12,26H,9-10H2,1-2H3. The Bertz CT molecular complexity index is 939. The number of alkyl halides is 3. The van der Waals surface area contributed by atoms with E-state index in [9.17, 15) is 22.7 Å². The average Bonchev–Trinajstić information content (AvgIpc) is 3.02. The molecule has 0 aliphatic rings. The Balaban J connectivity index is 1.92. The summed E-state index contributed by atoms with van der Waals surface area (Å²) in [5.41, 5.74) is -2.68. The summed E-state index contributed by atoms with van der Waals surface area (Å²) in [5.74, 6) is -1.07. The fourth-order valence-corrected chi connectivity index (χ4v) is 4.45. The minimum Gasteiger partial charge on any atom is -0.496 e. The molecule has 0 fully saturated rings. The molecule has 1 aromatic carbocycles. The van der Waals surface area contributed by atoms with Crippen LogP contribution in [0.4, 0.5) is 17.6 Å². The van der Waals surface area contributed by atoms with Crippen molar-refractivity contribution in [2.45, 2.75) is 37.5 Å². The van der Waals surface area contributed by atoms with Gasteiger partial charge in [-0.2, -0.15) is 13.2 Å². The van der Waals surface area contributed by atoms with Crippen molar-refractivity contribution in [2.75, 3.05) is 7.11 Å². The van der Waals surface area contributed by atoms with Crippen molar-refractivity contribution in [2.24, 2.45) is 0 Å². The molecule has 2 atom stereocenters. The Hall–Kier alpha value is -2.19. The van der Waals surface area contributed by atoms with E-state index in [0.29, 0.717) is 4.88 Å². The Kier molecular flexibility index (Phi) is 5.63. The number of fused-ring (bicyclic) bond motifs is 1. The van der Waals surface area contributed by atoms with Gasteiger partial charge in [0.05, 0.1) is 11.8 Å². The lowest BCUT2D eigenvalue weighted by atomic mass is 9.83. The third-order valence-corrected chi connectivity index (χ3v) is 5.82. The number of pyridine rings is 1. The van der Waals surface area contributed by atoms with E-state index in [1.807, 2.05) is 0 Å². The maximum Gasteiger partial charge on any atom is 0.417 e. The number of aromatic nitrogens is 1. The lowest BCUT2D eigenvalue weighted by Crippen LogP contribution is -2.47. The second-order valence-corrected chi connectivity index (χ2v) is 7.99. The summed E-state index contributed by atoms with van der Waals surface area (Å²) >= 11 is 1.17. The molecule has 0 bridgehead atoms. The summed E-state index contributed by atoms with van der Waals surface area (Å²) < 4.78 is 61.0. The predicted octanol–water partition coefficient (Wildman–Crippen LogP) is 5.47. The zero-order chi connectivity index (χ0) is 20.5. The highest BCUT2D eigenvalue weighted by Crippen LogP contribution is 2.43. The first-order valence-electron chi connectivity index (χ1n) is 8.58. The molecule has 0 aliphatic carbocycles. The van der Waals surface area contributed by atoms with Crippen molar-refractivity contribution >= 4 is 21.4 Å². The number of hydrogen-bond donors (Lipinski definition) is 1. The first-order valence-corrected chi connectivity index (χ1v) is 9.39. The molecule has 2 heterocycles. The SMILES string of the molecule is COc1ccc(F)cc1C(C)CC(O)(Cc1cc2ccncc2s1)C(F)(F)F. The molecule has 0 radical (unpaired) electrons. The van der Waals surface area contributed by atoms with Crippen LogP contribution in [0.5, 0.6) is 5.75 Å². The maximum absolute atomic E-state index is 13.8. The number of methoxy groups -OCH3 is 1. The fourth-order valence-electron chi connectivity index (χ4n) is 3.31. The molecule has 150 valence electrons. The van der Waals surface area contributed by atoms with E-state index < -0.39 is 36.4 Å². The van der Waals surface area contributed by atoms with Crippen LogP contribution in [0.2, 0.25) is 0 Å². The van der Waals surface area contributed by atoms with Crippen LogP contribution < -0.4 is 4.74 Å². The molecule has 3 rings (SSSR count). The molecule has 0 saturated carbocycles. The molecule has 0 saturated heterocycles. The van der Waals surface area contributed by atoms with E-state index in [2.05, 4.69) is 4.98 Å². The Labute approximate surface area is 163 Å². The highest BCUT2D eigenvalue weighted by molar-refractivity contribution is 7.19. The van der Waals surface area contributed by atoms with Crippen LogP contribution in [0, 0.1) is 5.82 Å². The number of hydrogen-bond acceptors (Lipinski definition) is 4. The van der Waals surface area contributed by atoms with Gasteiger partial charge in [0.2, 0.25) is 0 Å². The van der Waals surface area contributed by atoms with Gasteiger partial charge in [-0.3, -0.25) is 4.98 Å². The topological polar surface area (TPSA) is 42.4 Å². The quantitative estimate of drug-likeness (QED) is 0.545. The number of thiophene rings is 1. The van der Waals surface area contributed by atoms with Crippen molar-refractivity contribution in [1.29, 1.82) is 0 Å². The van der Waals surface area contributed by atoms with Gasteiger partial charge in [0.1, 0.15) is 11.6 Å². The molecule has 8 heteroatoms. The van der Waals surface area contributed by atoms with E-state index in [1.54, 1.807) is 24.5 Å². The molecule has 0 aliphatic heterocycles. The Morgan fingerprint density at radius 3 is 2.61 bits per heavy atom. The minimum absolute atomic E-state index is 0.283. The van der Waals surface area contributed by atoms with Crippen molar-refractivity contribution in [3.63, 3.8) is 0 Å². The number of ether oxygens (including phenoxy) is 1. The summed E-state index contributed by atoms with van der Waals surface area (Å²) in [6, 6.07) is 7.03. The van der Waals surface area contributed by atoms with Crippen LogP contribution in [0.25, 0.3) is 10.1 Å². The van der Waals surface area contributed by atoms with Gasteiger partial charge in [0.15, 0.2) is 5.60 Å². The van der Waals surface area contributed by atoms with Crippen LogP contribution >= 0.6 is 11.3 Å². The average molecular weight is 413 g/mol. The normalized spacial score (nSPS) is 15.4. The first-order chi connectivity index (χ1) is 13.1. The monoisotopic (exact) mass is 413 g/mol.